The molecule has 2 aromatic carbocycles. The van der Waals surface area contributed by atoms with Crippen LogP contribution in [0.15, 0.2) is 65.4 Å². The average Bonchev–Trinajstić information content (AvgIpc) is 2.96. The largest absolute Gasteiger partial charge is 0.316 e. The Morgan fingerprint density at radius 3 is 2.67 bits per heavy atom. The highest BCUT2D eigenvalue weighted by Gasteiger charge is 2.15. The summed E-state index contributed by atoms with van der Waals surface area (Å²) >= 11 is 9.60. The van der Waals surface area contributed by atoms with Crippen molar-refractivity contribution in [2.45, 2.75) is 6.92 Å². The first-order valence-corrected chi connectivity index (χ1v) is 8.66. The van der Waals surface area contributed by atoms with Crippen molar-refractivity contribution in [3.8, 4) is 16.9 Å². The lowest BCUT2D eigenvalue weighted by atomic mass is 10.1. The quantitative estimate of drug-likeness (QED) is 0.399. The summed E-state index contributed by atoms with van der Waals surface area (Å²) in [6.07, 6.45) is 3.87. The van der Waals surface area contributed by atoms with Crippen LogP contribution >= 0.6 is 27.5 Å². The van der Waals surface area contributed by atoms with Crippen LogP contribution in [0.25, 0.3) is 27.8 Å². The number of fused-ring (bicyclic) bond motifs is 1. The lowest BCUT2D eigenvalue weighted by molar-refractivity contribution is 1.11. The Balaban J connectivity index is 2.06. The van der Waals surface area contributed by atoms with Crippen molar-refractivity contribution in [2.24, 2.45) is 0 Å². The highest BCUT2D eigenvalue weighted by atomic mass is 79.9. The third kappa shape index (κ3) is 2.62. The van der Waals surface area contributed by atoms with Gasteiger partial charge in [0.2, 0.25) is 5.28 Å². The zero-order chi connectivity index (χ0) is 16.7. The number of halogens is 2. The molecule has 2 aromatic heterocycles. The van der Waals surface area contributed by atoms with E-state index in [0.717, 1.165) is 37.9 Å². The number of benzene rings is 2. The van der Waals surface area contributed by atoms with Crippen molar-refractivity contribution in [3.05, 3.63) is 76.2 Å². The lowest BCUT2D eigenvalue weighted by Crippen LogP contribution is -1.92. The number of hydrogen-bond donors (Lipinski definition) is 0. The van der Waals surface area contributed by atoms with Gasteiger partial charge >= 0.3 is 0 Å². The van der Waals surface area contributed by atoms with Gasteiger partial charge in [-0.3, -0.25) is 0 Å². The monoisotopic (exact) mass is 397 g/mol. The maximum absolute atomic E-state index is 6.03. The van der Waals surface area contributed by atoms with Gasteiger partial charge in [0, 0.05) is 33.5 Å². The molecule has 0 bridgehead atoms. The molecule has 0 aliphatic rings. The first kappa shape index (κ1) is 15.4. The fraction of sp³-hybridized carbons (Fsp3) is 0.0526. The molecular weight excluding hydrogens is 386 g/mol. The highest BCUT2D eigenvalue weighted by Crippen LogP contribution is 2.34. The molecule has 0 saturated heterocycles. The van der Waals surface area contributed by atoms with Crippen LogP contribution in [0.3, 0.4) is 0 Å². The van der Waals surface area contributed by atoms with Crippen LogP contribution < -0.4 is 0 Å². The van der Waals surface area contributed by atoms with Crippen LogP contribution in [0.1, 0.15) is 5.56 Å². The van der Waals surface area contributed by atoms with Crippen LogP contribution in [0.2, 0.25) is 5.28 Å². The fourth-order valence-corrected chi connectivity index (χ4v) is 3.37. The van der Waals surface area contributed by atoms with E-state index < -0.39 is 0 Å². The van der Waals surface area contributed by atoms with Crippen LogP contribution in [-0.4, -0.2) is 14.5 Å². The molecule has 0 aliphatic heterocycles. The molecule has 2 heterocycles. The van der Waals surface area contributed by atoms with Gasteiger partial charge < -0.3 is 4.57 Å². The van der Waals surface area contributed by atoms with Gasteiger partial charge in [-0.15, -0.1) is 0 Å². The number of nitrogens with zero attached hydrogens (tertiary/aromatic N) is 3. The van der Waals surface area contributed by atoms with E-state index in [1.807, 2.05) is 31.2 Å². The molecule has 0 radical (unpaired) electrons. The Hall–Kier alpha value is -2.17. The zero-order valence-corrected chi connectivity index (χ0v) is 15.2. The third-order valence-electron chi connectivity index (χ3n) is 4.00. The van der Waals surface area contributed by atoms with E-state index >= 15 is 0 Å². The summed E-state index contributed by atoms with van der Waals surface area (Å²) in [5.74, 6) is 0. The van der Waals surface area contributed by atoms with Crippen LogP contribution in [0, 0.1) is 6.92 Å². The summed E-state index contributed by atoms with van der Waals surface area (Å²) in [6, 6.07) is 16.5. The second-order valence-electron chi connectivity index (χ2n) is 5.58. The number of rotatable bonds is 2. The van der Waals surface area contributed by atoms with Gasteiger partial charge in [-0.2, -0.15) is 0 Å². The lowest BCUT2D eigenvalue weighted by Gasteiger charge is -2.04. The molecule has 0 saturated carbocycles. The summed E-state index contributed by atoms with van der Waals surface area (Å²) < 4.78 is 3.21. The van der Waals surface area contributed by atoms with Crippen molar-refractivity contribution in [2.75, 3.05) is 0 Å². The maximum Gasteiger partial charge on any atom is 0.222 e. The smallest absolute Gasteiger partial charge is 0.222 e. The summed E-state index contributed by atoms with van der Waals surface area (Å²) in [7, 11) is 0. The molecule has 4 rings (SSSR count). The Kier molecular flexibility index (Phi) is 3.87. The molecule has 0 fully saturated rings. The highest BCUT2D eigenvalue weighted by molar-refractivity contribution is 9.10. The van der Waals surface area contributed by atoms with Crippen molar-refractivity contribution >= 4 is 38.4 Å². The number of hydrogen-bond acceptors (Lipinski definition) is 2. The molecule has 0 aliphatic carbocycles. The van der Waals surface area contributed by atoms with Crippen LogP contribution in [-0.2, 0) is 0 Å². The Morgan fingerprint density at radius 2 is 1.88 bits per heavy atom. The number of para-hydroxylation sites is 1. The van der Waals surface area contributed by atoms with E-state index in [0.29, 0.717) is 0 Å². The number of aryl methyl sites for hydroxylation is 1. The average molecular weight is 399 g/mol. The normalized spacial score (nSPS) is 11.1. The molecule has 0 amide bonds. The minimum atomic E-state index is 0.258. The van der Waals surface area contributed by atoms with Crippen molar-refractivity contribution in [3.63, 3.8) is 0 Å². The second-order valence-corrected chi connectivity index (χ2v) is 6.83. The van der Waals surface area contributed by atoms with Gasteiger partial charge in [0.25, 0.3) is 0 Å². The third-order valence-corrected chi connectivity index (χ3v) is 4.67. The predicted molar refractivity (Wildman–Crippen MR) is 102 cm³/mol. The molecule has 3 nitrogen and oxygen atoms in total. The van der Waals surface area contributed by atoms with E-state index in [4.69, 9.17) is 11.6 Å². The first-order chi connectivity index (χ1) is 11.6. The molecule has 0 atom stereocenters. The van der Waals surface area contributed by atoms with Crippen molar-refractivity contribution in [1.29, 1.82) is 0 Å². The van der Waals surface area contributed by atoms with Gasteiger partial charge in [0.15, 0.2) is 0 Å². The van der Waals surface area contributed by atoms with Crippen LogP contribution in [0.5, 0.6) is 0 Å². The second kappa shape index (κ2) is 6.04. The molecule has 4 aromatic rings. The maximum atomic E-state index is 6.03. The SMILES string of the molecule is Cc1cnc(Cl)nc1-c1cn(-c2ccccc2)c2cc(Br)ccc12. The minimum Gasteiger partial charge on any atom is -0.316 e. The summed E-state index contributed by atoms with van der Waals surface area (Å²) in [4.78, 5) is 8.52. The molecular formula is C19H13BrClN3. The van der Waals surface area contributed by atoms with Gasteiger partial charge in [-0.05, 0) is 48.4 Å². The number of aromatic nitrogens is 3. The van der Waals surface area contributed by atoms with E-state index in [1.54, 1.807) is 6.20 Å². The van der Waals surface area contributed by atoms with Crippen LogP contribution in [0.4, 0.5) is 0 Å². The predicted octanol–water partition coefficient (Wildman–Crippen LogP) is 5.81. The van der Waals surface area contributed by atoms with Crippen molar-refractivity contribution in [1.82, 2.24) is 14.5 Å². The fourth-order valence-electron chi connectivity index (χ4n) is 2.88. The summed E-state index contributed by atoms with van der Waals surface area (Å²) in [5, 5.41) is 1.38. The standard InChI is InChI=1S/C19H13BrClN3/c1-12-10-22-19(21)23-18(12)16-11-24(14-5-3-2-4-6-14)17-9-13(20)7-8-15(16)17/h2-11H,1H3. The minimum absolute atomic E-state index is 0.258. The Morgan fingerprint density at radius 1 is 1.08 bits per heavy atom. The first-order valence-electron chi connectivity index (χ1n) is 7.49. The summed E-state index contributed by atoms with van der Waals surface area (Å²) in [6.45, 7) is 2.00. The molecule has 5 heteroatoms. The molecule has 118 valence electrons. The van der Waals surface area contributed by atoms with Gasteiger partial charge in [-0.1, -0.05) is 40.2 Å². The Labute approximate surface area is 153 Å². The Bertz CT molecular complexity index is 1040. The van der Waals surface area contributed by atoms with E-state index in [-0.39, 0.29) is 5.28 Å². The van der Waals surface area contributed by atoms with E-state index in [9.17, 15) is 0 Å². The molecule has 0 unspecified atom stereocenters. The van der Waals surface area contributed by atoms with Gasteiger partial charge in [-0.25, -0.2) is 9.97 Å². The van der Waals surface area contributed by atoms with Gasteiger partial charge in [0.05, 0.1) is 11.2 Å². The topological polar surface area (TPSA) is 30.7 Å². The summed E-state index contributed by atoms with van der Waals surface area (Å²) in [5.41, 5.74) is 5.11. The zero-order valence-electron chi connectivity index (χ0n) is 12.9. The molecule has 0 spiro atoms. The van der Waals surface area contributed by atoms with Gasteiger partial charge in [0.1, 0.15) is 0 Å². The molecule has 0 N–H and O–H groups in total. The van der Waals surface area contributed by atoms with E-state index in [1.165, 1.54) is 0 Å². The molecule has 24 heavy (non-hydrogen) atoms. The van der Waals surface area contributed by atoms with E-state index in [2.05, 4.69) is 60.9 Å². The van der Waals surface area contributed by atoms with Crippen molar-refractivity contribution < 1.29 is 0 Å².